The molecule has 0 radical (unpaired) electrons. The first-order valence-electron chi connectivity index (χ1n) is 6.41. The lowest BCUT2D eigenvalue weighted by Crippen LogP contribution is -2.53. The first kappa shape index (κ1) is 14.2. The molecule has 0 aromatic carbocycles. The molecule has 1 fully saturated rings. The van der Waals surface area contributed by atoms with E-state index in [4.69, 9.17) is 5.73 Å². The van der Waals surface area contributed by atoms with Crippen LogP contribution in [0, 0.1) is 0 Å². The van der Waals surface area contributed by atoms with Crippen molar-refractivity contribution in [2.24, 2.45) is 0 Å². The normalized spacial score (nSPS) is 22.5. The highest BCUT2D eigenvalue weighted by molar-refractivity contribution is 7.89. The number of pyridine rings is 1. The summed E-state index contributed by atoms with van der Waals surface area (Å²) in [6.45, 7) is 6.87. The standard InChI is InChI=1S/C12H20N4O2S/c1-3-15-6-7-16(9-10(15)2)19(17,18)11-4-5-14-12(13)8-11/h4-5,8,10H,3,6-7,9H2,1-2H3,(H2,13,14). The Kier molecular flexibility index (Phi) is 4.07. The lowest BCUT2D eigenvalue weighted by molar-refractivity contribution is 0.135. The summed E-state index contributed by atoms with van der Waals surface area (Å²) in [4.78, 5) is 6.32. The molecular weight excluding hydrogens is 264 g/mol. The monoisotopic (exact) mass is 284 g/mol. The van der Waals surface area contributed by atoms with Crippen LogP contribution in [0.3, 0.4) is 0 Å². The summed E-state index contributed by atoms with van der Waals surface area (Å²) in [5.41, 5.74) is 5.55. The maximum absolute atomic E-state index is 12.5. The van der Waals surface area contributed by atoms with Gasteiger partial charge in [-0.1, -0.05) is 6.92 Å². The second-order valence-corrected chi connectivity index (χ2v) is 6.70. The van der Waals surface area contributed by atoms with E-state index in [1.54, 1.807) is 0 Å². The van der Waals surface area contributed by atoms with E-state index in [9.17, 15) is 8.42 Å². The molecule has 106 valence electrons. The molecule has 2 N–H and O–H groups in total. The van der Waals surface area contributed by atoms with Gasteiger partial charge in [-0.15, -0.1) is 0 Å². The minimum absolute atomic E-state index is 0.220. The molecule has 0 spiro atoms. The van der Waals surface area contributed by atoms with Gasteiger partial charge in [0.25, 0.3) is 0 Å². The number of sulfonamides is 1. The second-order valence-electron chi connectivity index (χ2n) is 4.76. The SMILES string of the molecule is CCN1CCN(S(=O)(=O)c2ccnc(N)c2)CC1C. The van der Waals surface area contributed by atoms with E-state index in [0.29, 0.717) is 13.1 Å². The van der Waals surface area contributed by atoms with Crippen molar-refractivity contribution < 1.29 is 8.42 Å². The molecule has 0 saturated carbocycles. The number of piperazine rings is 1. The predicted molar refractivity (Wildman–Crippen MR) is 74.1 cm³/mol. The lowest BCUT2D eigenvalue weighted by atomic mass is 10.2. The summed E-state index contributed by atoms with van der Waals surface area (Å²) in [6, 6.07) is 3.13. The van der Waals surface area contributed by atoms with Crippen molar-refractivity contribution >= 4 is 15.8 Å². The van der Waals surface area contributed by atoms with Crippen molar-refractivity contribution in [3.8, 4) is 0 Å². The molecule has 6 nitrogen and oxygen atoms in total. The van der Waals surface area contributed by atoms with Crippen LogP contribution in [0.1, 0.15) is 13.8 Å². The highest BCUT2D eigenvalue weighted by Gasteiger charge is 2.31. The molecule has 0 aliphatic carbocycles. The van der Waals surface area contributed by atoms with Gasteiger partial charge in [0.1, 0.15) is 5.82 Å². The molecule has 1 aromatic heterocycles. The van der Waals surface area contributed by atoms with Gasteiger partial charge in [-0.2, -0.15) is 4.31 Å². The van der Waals surface area contributed by atoms with Crippen molar-refractivity contribution in [2.45, 2.75) is 24.8 Å². The summed E-state index contributed by atoms with van der Waals surface area (Å²) in [5, 5.41) is 0. The molecule has 1 aromatic rings. The fourth-order valence-electron chi connectivity index (χ4n) is 2.39. The van der Waals surface area contributed by atoms with Crippen molar-refractivity contribution in [3.63, 3.8) is 0 Å². The summed E-state index contributed by atoms with van der Waals surface area (Å²) >= 11 is 0. The predicted octanol–water partition coefficient (Wildman–Crippen LogP) is 0.378. The summed E-state index contributed by atoms with van der Waals surface area (Å²) in [5.74, 6) is 0.223. The van der Waals surface area contributed by atoms with Crippen LogP contribution in [0.4, 0.5) is 5.82 Å². The zero-order valence-electron chi connectivity index (χ0n) is 11.3. The molecule has 1 unspecified atom stereocenters. The number of hydrogen-bond acceptors (Lipinski definition) is 5. The number of aromatic nitrogens is 1. The van der Waals surface area contributed by atoms with E-state index in [-0.39, 0.29) is 16.8 Å². The summed E-state index contributed by atoms with van der Waals surface area (Å²) in [7, 11) is -3.46. The van der Waals surface area contributed by atoms with Gasteiger partial charge in [0.2, 0.25) is 10.0 Å². The maximum Gasteiger partial charge on any atom is 0.243 e. The Hall–Kier alpha value is -1.18. The van der Waals surface area contributed by atoms with Crippen LogP contribution in [-0.2, 0) is 10.0 Å². The van der Waals surface area contributed by atoms with Crippen LogP contribution in [0.15, 0.2) is 23.2 Å². The third kappa shape index (κ3) is 2.88. The minimum Gasteiger partial charge on any atom is -0.384 e. The van der Waals surface area contributed by atoms with Crippen molar-refractivity contribution in [3.05, 3.63) is 18.3 Å². The van der Waals surface area contributed by atoms with Gasteiger partial charge < -0.3 is 5.73 Å². The van der Waals surface area contributed by atoms with Crippen LogP contribution in [-0.4, -0.2) is 54.8 Å². The Bertz CT molecular complexity index is 546. The van der Waals surface area contributed by atoms with Gasteiger partial charge in [-0.25, -0.2) is 13.4 Å². The van der Waals surface area contributed by atoms with Crippen LogP contribution < -0.4 is 5.73 Å². The quantitative estimate of drug-likeness (QED) is 0.868. The molecule has 0 bridgehead atoms. The maximum atomic E-state index is 12.5. The van der Waals surface area contributed by atoms with E-state index in [1.807, 2.05) is 6.92 Å². The Morgan fingerprint density at radius 1 is 1.47 bits per heavy atom. The molecule has 1 atom stereocenters. The minimum atomic E-state index is -3.46. The Balaban J connectivity index is 2.22. The van der Waals surface area contributed by atoms with E-state index in [1.165, 1.54) is 22.6 Å². The Labute approximate surface area is 114 Å². The van der Waals surface area contributed by atoms with Gasteiger partial charge in [-0.05, 0) is 19.5 Å². The Morgan fingerprint density at radius 2 is 2.21 bits per heavy atom. The van der Waals surface area contributed by atoms with Gasteiger partial charge in [-0.3, -0.25) is 4.90 Å². The molecule has 19 heavy (non-hydrogen) atoms. The van der Waals surface area contributed by atoms with E-state index in [2.05, 4.69) is 16.8 Å². The number of rotatable bonds is 3. The molecule has 2 rings (SSSR count). The van der Waals surface area contributed by atoms with E-state index in [0.717, 1.165) is 13.1 Å². The number of nitrogens with two attached hydrogens (primary N) is 1. The molecule has 1 aliphatic rings. The molecule has 1 saturated heterocycles. The first-order chi connectivity index (χ1) is 8.95. The van der Waals surface area contributed by atoms with Gasteiger partial charge in [0.05, 0.1) is 4.90 Å². The van der Waals surface area contributed by atoms with Gasteiger partial charge in [0.15, 0.2) is 0 Å². The zero-order valence-corrected chi connectivity index (χ0v) is 12.1. The molecular formula is C12H20N4O2S. The topological polar surface area (TPSA) is 79.5 Å². The third-order valence-electron chi connectivity index (χ3n) is 3.52. The fraction of sp³-hybridized carbons (Fsp3) is 0.583. The number of anilines is 1. The number of hydrogen-bond donors (Lipinski definition) is 1. The van der Waals surface area contributed by atoms with Gasteiger partial charge in [0, 0.05) is 37.9 Å². The zero-order chi connectivity index (χ0) is 14.0. The fourth-order valence-corrected chi connectivity index (χ4v) is 3.92. The van der Waals surface area contributed by atoms with Crippen molar-refractivity contribution in [1.82, 2.24) is 14.2 Å². The average molecular weight is 284 g/mol. The summed E-state index contributed by atoms with van der Waals surface area (Å²) < 4.78 is 26.5. The van der Waals surface area contributed by atoms with Gasteiger partial charge >= 0.3 is 0 Å². The highest BCUT2D eigenvalue weighted by Crippen LogP contribution is 2.20. The Morgan fingerprint density at radius 3 is 2.79 bits per heavy atom. The van der Waals surface area contributed by atoms with Crippen LogP contribution in [0.25, 0.3) is 0 Å². The number of nitrogen functional groups attached to an aromatic ring is 1. The van der Waals surface area contributed by atoms with Crippen molar-refractivity contribution in [2.75, 3.05) is 31.9 Å². The molecule has 1 aliphatic heterocycles. The number of nitrogens with zero attached hydrogens (tertiary/aromatic N) is 3. The third-order valence-corrected chi connectivity index (χ3v) is 5.39. The molecule has 2 heterocycles. The smallest absolute Gasteiger partial charge is 0.243 e. The lowest BCUT2D eigenvalue weighted by Gasteiger charge is -2.38. The number of likely N-dealkylation sites (N-methyl/N-ethyl adjacent to an activating group) is 1. The van der Waals surface area contributed by atoms with Crippen LogP contribution in [0.5, 0.6) is 0 Å². The average Bonchev–Trinajstić information content (AvgIpc) is 2.38. The van der Waals surface area contributed by atoms with Crippen LogP contribution >= 0.6 is 0 Å². The molecule has 0 amide bonds. The first-order valence-corrected chi connectivity index (χ1v) is 7.85. The van der Waals surface area contributed by atoms with E-state index >= 15 is 0 Å². The second kappa shape index (κ2) is 5.44. The summed E-state index contributed by atoms with van der Waals surface area (Å²) in [6.07, 6.45) is 1.42. The van der Waals surface area contributed by atoms with Crippen molar-refractivity contribution in [1.29, 1.82) is 0 Å². The largest absolute Gasteiger partial charge is 0.384 e. The molecule has 7 heteroatoms. The van der Waals surface area contributed by atoms with Crippen LogP contribution in [0.2, 0.25) is 0 Å². The highest BCUT2D eigenvalue weighted by atomic mass is 32.2. The van der Waals surface area contributed by atoms with E-state index < -0.39 is 10.0 Å².